The average Bonchev–Trinajstić information content (AvgIpc) is 2.57. The van der Waals surface area contributed by atoms with Gasteiger partial charge < -0.3 is 23.7 Å². The van der Waals surface area contributed by atoms with Crippen molar-refractivity contribution in [1.82, 2.24) is 0 Å². The van der Waals surface area contributed by atoms with Gasteiger partial charge in [-0.2, -0.15) is 0 Å². The van der Waals surface area contributed by atoms with Gasteiger partial charge in [0.05, 0.1) is 46.5 Å². The molecule has 2 aromatic rings. The van der Waals surface area contributed by atoms with Crippen LogP contribution in [0.25, 0.3) is 10.8 Å². The van der Waals surface area contributed by atoms with Crippen molar-refractivity contribution in [3.63, 3.8) is 0 Å². The maximum Gasteiger partial charge on any atom is 0.338 e. The summed E-state index contributed by atoms with van der Waals surface area (Å²) in [5, 5.41) is 1.41. The molecule has 118 valence electrons. The van der Waals surface area contributed by atoms with Crippen LogP contribution in [0.2, 0.25) is 0 Å². The van der Waals surface area contributed by atoms with E-state index in [1.807, 2.05) is 0 Å². The van der Waals surface area contributed by atoms with Crippen LogP contribution < -0.4 is 18.9 Å². The van der Waals surface area contributed by atoms with Gasteiger partial charge in [-0.25, -0.2) is 4.79 Å². The molecule has 0 spiro atoms. The van der Waals surface area contributed by atoms with Gasteiger partial charge in [-0.15, -0.1) is 0 Å². The fraction of sp³-hybridized carbons (Fsp3) is 0.312. The maximum absolute atomic E-state index is 11.8. The summed E-state index contributed by atoms with van der Waals surface area (Å²) in [6, 6.07) is 5.04. The lowest BCUT2D eigenvalue weighted by Crippen LogP contribution is -2.03. The highest BCUT2D eigenvalue weighted by Crippen LogP contribution is 2.47. The predicted octanol–water partition coefficient (Wildman–Crippen LogP) is 2.66. The third-order valence-electron chi connectivity index (χ3n) is 3.35. The Bertz CT molecular complexity index is 708. The summed E-state index contributed by atoms with van der Waals surface area (Å²) in [6.07, 6.45) is 0. The van der Waals surface area contributed by atoms with Crippen LogP contribution in [-0.4, -0.2) is 41.5 Å². The van der Waals surface area contributed by atoms with Gasteiger partial charge in [-0.05, 0) is 23.6 Å². The Kier molecular flexibility index (Phi) is 4.60. The number of methoxy groups -OCH3 is 5. The number of esters is 1. The average molecular weight is 306 g/mol. The highest BCUT2D eigenvalue weighted by atomic mass is 16.5. The number of rotatable bonds is 5. The molecule has 0 aliphatic heterocycles. The molecule has 2 rings (SSSR count). The topological polar surface area (TPSA) is 63.2 Å². The van der Waals surface area contributed by atoms with Gasteiger partial charge in [0, 0.05) is 0 Å². The van der Waals surface area contributed by atoms with Crippen molar-refractivity contribution in [3.05, 3.63) is 23.8 Å². The molecule has 0 aliphatic carbocycles. The first-order chi connectivity index (χ1) is 10.6. The Morgan fingerprint density at radius 2 is 1.41 bits per heavy atom. The van der Waals surface area contributed by atoms with Gasteiger partial charge in [-0.3, -0.25) is 0 Å². The molecule has 0 bridgehead atoms. The molecule has 2 aromatic carbocycles. The Balaban J connectivity index is 2.89. The van der Waals surface area contributed by atoms with Crippen LogP contribution in [-0.2, 0) is 4.74 Å². The van der Waals surface area contributed by atoms with Gasteiger partial charge in [0.25, 0.3) is 0 Å². The Morgan fingerprint density at radius 1 is 0.773 bits per heavy atom. The molecule has 0 aliphatic rings. The van der Waals surface area contributed by atoms with Crippen molar-refractivity contribution in [2.24, 2.45) is 0 Å². The Labute approximate surface area is 128 Å². The van der Waals surface area contributed by atoms with Crippen molar-refractivity contribution < 1.29 is 28.5 Å². The van der Waals surface area contributed by atoms with Crippen molar-refractivity contribution in [2.45, 2.75) is 0 Å². The molecule has 6 nitrogen and oxygen atoms in total. The van der Waals surface area contributed by atoms with Crippen LogP contribution in [0.3, 0.4) is 0 Å². The number of hydrogen-bond donors (Lipinski definition) is 0. The summed E-state index contributed by atoms with van der Waals surface area (Å²) < 4.78 is 26.3. The van der Waals surface area contributed by atoms with Gasteiger partial charge in [0.2, 0.25) is 5.75 Å². The largest absolute Gasteiger partial charge is 0.496 e. The second-order valence-electron chi connectivity index (χ2n) is 4.41. The first-order valence-electron chi connectivity index (χ1n) is 6.50. The summed E-state index contributed by atoms with van der Waals surface area (Å²) in [7, 11) is 7.44. The van der Waals surface area contributed by atoms with E-state index in [1.165, 1.54) is 35.5 Å². The highest BCUT2D eigenvalue weighted by molar-refractivity contribution is 6.03. The number of carbonyl (C=O) groups is 1. The molecule has 0 amide bonds. The first-order valence-corrected chi connectivity index (χ1v) is 6.50. The smallest absolute Gasteiger partial charge is 0.338 e. The lowest BCUT2D eigenvalue weighted by Gasteiger charge is -2.17. The van der Waals surface area contributed by atoms with Crippen molar-refractivity contribution in [3.8, 4) is 23.0 Å². The Morgan fingerprint density at radius 3 is 1.91 bits per heavy atom. The normalized spacial score (nSPS) is 10.2. The molecule has 0 N–H and O–H groups in total. The van der Waals surface area contributed by atoms with E-state index in [1.54, 1.807) is 18.2 Å². The minimum Gasteiger partial charge on any atom is -0.496 e. The lowest BCUT2D eigenvalue weighted by molar-refractivity contribution is 0.0600. The third kappa shape index (κ3) is 2.47. The lowest BCUT2D eigenvalue weighted by atomic mass is 10.0. The molecular formula is C16H18O6. The van der Waals surface area contributed by atoms with E-state index in [9.17, 15) is 4.79 Å². The van der Waals surface area contributed by atoms with Gasteiger partial charge in [0.15, 0.2) is 11.5 Å². The summed E-state index contributed by atoms with van der Waals surface area (Å²) >= 11 is 0. The molecule has 0 aromatic heterocycles. The molecule has 0 atom stereocenters. The summed E-state index contributed by atoms with van der Waals surface area (Å²) in [5.74, 6) is 1.47. The second kappa shape index (κ2) is 6.43. The van der Waals surface area contributed by atoms with Crippen LogP contribution in [0, 0.1) is 0 Å². The quantitative estimate of drug-likeness (QED) is 0.791. The van der Waals surface area contributed by atoms with Crippen LogP contribution >= 0.6 is 0 Å². The molecule has 6 heteroatoms. The van der Waals surface area contributed by atoms with Crippen LogP contribution in [0.5, 0.6) is 23.0 Å². The highest BCUT2D eigenvalue weighted by Gasteiger charge is 2.21. The third-order valence-corrected chi connectivity index (χ3v) is 3.35. The molecule has 0 saturated heterocycles. The molecule has 0 radical (unpaired) electrons. The monoisotopic (exact) mass is 306 g/mol. The van der Waals surface area contributed by atoms with Crippen LogP contribution in [0.4, 0.5) is 0 Å². The minimum atomic E-state index is -0.450. The summed E-state index contributed by atoms with van der Waals surface area (Å²) in [6.45, 7) is 0. The fourth-order valence-corrected chi connectivity index (χ4v) is 2.36. The minimum absolute atomic E-state index is 0.376. The zero-order chi connectivity index (χ0) is 16.3. The zero-order valence-electron chi connectivity index (χ0n) is 13.2. The maximum atomic E-state index is 11.8. The van der Waals surface area contributed by atoms with E-state index in [2.05, 4.69) is 0 Å². The predicted molar refractivity (Wildman–Crippen MR) is 81.5 cm³/mol. The van der Waals surface area contributed by atoms with Crippen molar-refractivity contribution in [2.75, 3.05) is 35.5 Å². The van der Waals surface area contributed by atoms with Crippen LogP contribution in [0.1, 0.15) is 10.4 Å². The standard InChI is InChI=1S/C16H18O6/c1-18-11-8-10(16(17)22-5)6-9-7-12(19-2)14(20-3)15(21-4)13(9)11/h6-8H,1-5H3. The number of carbonyl (C=O) groups excluding carboxylic acids is 1. The van der Waals surface area contributed by atoms with Crippen LogP contribution in [0.15, 0.2) is 18.2 Å². The molecule has 0 fully saturated rings. The van der Waals surface area contributed by atoms with E-state index in [4.69, 9.17) is 23.7 Å². The van der Waals surface area contributed by atoms with E-state index in [-0.39, 0.29) is 0 Å². The number of ether oxygens (including phenoxy) is 5. The van der Waals surface area contributed by atoms with E-state index in [0.29, 0.717) is 39.3 Å². The van der Waals surface area contributed by atoms with Gasteiger partial charge >= 0.3 is 5.97 Å². The second-order valence-corrected chi connectivity index (χ2v) is 4.41. The van der Waals surface area contributed by atoms with E-state index >= 15 is 0 Å². The molecule has 0 saturated carbocycles. The number of benzene rings is 2. The van der Waals surface area contributed by atoms with Crippen molar-refractivity contribution in [1.29, 1.82) is 0 Å². The van der Waals surface area contributed by atoms with Crippen molar-refractivity contribution >= 4 is 16.7 Å². The SMILES string of the molecule is COC(=O)c1cc(OC)c2c(OC)c(OC)c(OC)cc2c1. The zero-order valence-corrected chi connectivity index (χ0v) is 13.2. The first kappa shape index (κ1) is 15.8. The fourth-order valence-electron chi connectivity index (χ4n) is 2.36. The molecule has 0 unspecified atom stereocenters. The van der Waals surface area contributed by atoms with E-state index < -0.39 is 5.97 Å². The number of hydrogen-bond acceptors (Lipinski definition) is 6. The van der Waals surface area contributed by atoms with Gasteiger partial charge in [-0.1, -0.05) is 0 Å². The summed E-state index contributed by atoms with van der Waals surface area (Å²) in [5.41, 5.74) is 0.376. The summed E-state index contributed by atoms with van der Waals surface area (Å²) in [4.78, 5) is 11.8. The molecule has 22 heavy (non-hydrogen) atoms. The molecule has 0 heterocycles. The Hall–Kier alpha value is -2.63. The van der Waals surface area contributed by atoms with Gasteiger partial charge in [0.1, 0.15) is 5.75 Å². The molecular weight excluding hydrogens is 288 g/mol. The van der Waals surface area contributed by atoms with E-state index in [0.717, 1.165) is 0 Å². The number of fused-ring (bicyclic) bond motifs is 1.